The molecule has 22 atom stereocenters. The van der Waals surface area contributed by atoms with Crippen molar-refractivity contribution in [3.63, 3.8) is 0 Å². The number of allylic oxidation sites excluding steroid dienone is 2. The predicted octanol–water partition coefficient (Wildman–Crippen LogP) is 1.63. The van der Waals surface area contributed by atoms with Gasteiger partial charge in [-0.25, -0.2) is 0 Å². The van der Waals surface area contributed by atoms with Crippen LogP contribution in [0.25, 0.3) is 0 Å². The normalized spacial score (nSPS) is 48.7. The highest BCUT2D eigenvalue weighted by Crippen LogP contribution is 2.75. The van der Waals surface area contributed by atoms with Crippen molar-refractivity contribution in [1.82, 2.24) is 5.32 Å². The Bertz CT molecular complexity index is 2020. The Kier molecular flexibility index (Phi) is 16.0. The number of nitrogens with two attached hydrogens (primary N) is 1. The van der Waals surface area contributed by atoms with Gasteiger partial charge in [0.15, 0.2) is 18.7 Å². The molecular weight excluding hydrogens is 937 g/mol. The number of ketones is 1. The van der Waals surface area contributed by atoms with E-state index in [0.29, 0.717) is 50.9 Å². The summed E-state index contributed by atoms with van der Waals surface area (Å²) in [5.74, 6) is -0.949. The number of ether oxygens (including phenoxy) is 6. The number of hydrogen-bond acceptors (Lipinski definition) is 18. The summed E-state index contributed by atoms with van der Waals surface area (Å²) in [6.07, 6.45) is -12.2. The van der Waals surface area contributed by atoms with Crippen molar-refractivity contribution < 1.29 is 83.7 Å². The molecule has 0 aromatic rings. The van der Waals surface area contributed by atoms with Crippen LogP contribution < -0.4 is 11.1 Å². The molecule has 0 aromatic heterocycles. The fourth-order valence-electron chi connectivity index (χ4n) is 15.6. The third kappa shape index (κ3) is 9.36. The van der Waals surface area contributed by atoms with Crippen LogP contribution in [0.2, 0.25) is 0 Å². The molecule has 3 heterocycles. The highest BCUT2D eigenvalue weighted by molar-refractivity contribution is 5.85. The largest absolute Gasteiger partial charge is 0.432 e. The number of aliphatic hydroxyl groups excluding tert-OH is 8. The number of hydrogen-bond donors (Lipinski definition) is 10. The molecule has 0 radical (unpaired) electrons. The molecule has 19 heteroatoms. The summed E-state index contributed by atoms with van der Waals surface area (Å²) in [6.45, 7) is 16.4. The highest BCUT2D eigenvalue weighted by Gasteiger charge is 2.72. The number of carbonyl (C=O) groups is 3. The van der Waals surface area contributed by atoms with Gasteiger partial charge < -0.3 is 80.3 Å². The number of unbranched alkanes of at least 4 members (excludes halogenated alkanes) is 2. The molecule has 19 nitrogen and oxygen atoms in total. The molecule has 8 aliphatic rings. The lowest BCUT2D eigenvalue weighted by Crippen LogP contribution is -2.69. The quantitative estimate of drug-likeness (QED) is 0.0712. The first-order valence-electron chi connectivity index (χ1n) is 26.8. The van der Waals surface area contributed by atoms with Crippen LogP contribution in [0.1, 0.15) is 139 Å². The van der Waals surface area contributed by atoms with Gasteiger partial charge in [0.25, 0.3) is 0 Å². The Labute approximate surface area is 423 Å². The zero-order chi connectivity index (χ0) is 52.7. The van der Waals surface area contributed by atoms with E-state index < -0.39 is 133 Å². The van der Waals surface area contributed by atoms with Gasteiger partial charge in [-0.05, 0) is 117 Å². The van der Waals surface area contributed by atoms with E-state index in [1.165, 1.54) is 6.92 Å². The summed E-state index contributed by atoms with van der Waals surface area (Å²) in [5.41, 5.74) is 3.72. The van der Waals surface area contributed by atoms with Crippen LogP contribution in [-0.4, -0.2) is 170 Å². The van der Waals surface area contributed by atoms with Gasteiger partial charge in [0.2, 0.25) is 12.2 Å². The van der Waals surface area contributed by atoms with Crippen molar-refractivity contribution in [2.24, 2.45) is 56.0 Å². The number of fused-ring (bicyclic) bond motifs is 7. The van der Waals surface area contributed by atoms with Crippen LogP contribution in [0.5, 0.6) is 0 Å². The van der Waals surface area contributed by atoms with Gasteiger partial charge in [-0.1, -0.05) is 66.5 Å². The summed E-state index contributed by atoms with van der Waals surface area (Å²) in [5, 5.41) is 92.5. The second-order valence-corrected chi connectivity index (χ2v) is 25.1. The number of esters is 1. The molecular formula is C53H86N2O17. The van der Waals surface area contributed by atoms with Gasteiger partial charge >= 0.3 is 5.97 Å². The molecule has 72 heavy (non-hydrogen) atoms. The summed E-state index contributed by atoms with van der Waals surface area (Å²) < 4.78 is 36.3. The predicted molar refractivity (Wildman–Crippen MR) is 257 cm³/mol. The third-order valence-electron chi connectivity index (χ3n) is 20.1. The van der Waals surface area contributed by atoms with Crippen LogP contribution >= 0.6 is 0 Å². The van der Waals surface area contributed by atoms with Crippen LogP contribution in [-0.2, 0) is 42.8 Å². The molecule has 7 fully saturated rings. The molecule has 0 aromatic carbocycles. The summed E-state index contributed by atoms with van der Waals surface area (Å²) in [7, 11) is 0. The Morgan fingerprint density at radius 1 is 0.792 bits per heavy atom. The fourth-order valence-corrected chi connectivity index (χ4v) is 15.6. The number of amides is 1. The van der Waals surface area contributed by atoms with E-state index in [4.69, 9.17) is 34.2 Å². The first-order chi connectivity index (χ1) is 33.7. The van der Waals surface area contributed by atoms with Gasteiger partial charge in [-0.3, -0.25) is 14.4 Å². The Morgan fingerprint density at radius 3 is 2.18 bits per heavy atom. The average molecular weight is 1020 g/mol. The maximum Gasteiger partial charge on any atom is 0.317 e. The second kappa shape index (κ2) is 20.6. The molecule has 0 bridgehead atoms. The van der Waals surface area contributed by atoms with E-state index in [0.717, 1.165) is 31.3 Å². The topological polar surface area (TPSA) is 306 Å². The third-order valence-corrected chi connectivity index (χ3v) is 20.1. The second-order valence-electron chi connectivity index (χ2n) is 25.1. The van der Waals surface area contributed by atoms with E-state index in [2.05, 4.69) is 59.9 Å². The van der Waals surface area contributed by atoms with Crippen LogP contribution in [0.3, 0.4) is 0 Å². The molecule has 0 spiro atoms. The Balaban J connectivity index is 1.09. The molecule has 11 N–H and O–H groups in total. The van der Waals surface area contributed by atoms with Crippen molar-refractivity contribution in [2.75, 3.05) is 19.8 Å². The van der Waals surface area contributed by atoms with Crippen molar-refractivity contribution in [1.29, 1.82) is 0 Å². The van der Waals surface area contributed by atoms with E-state index in [1.807, 2.05) is 0 Å². The summed E-state index contributed by atoms with van der Waals surface area (Å²) in [6, 6.07) is -1.32. The zero-order valence-corrected chi connectivity index (χ0v) is 43.6. The SMILES string of the molecule is CC1O[C@@H](OC2C(O)[C@@H](NC(=O)CCCCCN)C(CO)O[C@H]2OC(=O)[C@]23CCC(C)(C)CC2C2=CCC4C5(C)CCC(=O)C(C)(C)[C@@H]5CC[C@]4(C)[C@]2(C)CC3O)C(O)C(O)[C@H]1O[C@@H]1OC[C@@H](O)C(O)C1O. The van der Waals surface area contributed by atoms with Gasteiger partial charge in [0, 0.05) is 18.3 Å². The number of nitrogens with one attached hydrogen (secondary N) is 1. The number of rotatable bonds is 13. The van der Waals surface area contributed by atoms with Gasteiger partial charge in [0.05, 0.1) is 31.5 Å². The number of aliphatic hydroxyl groups is 8. The lowest BCUT2D eigenvalue weighted by Gasteiger charge is -2.71. The van der Waals surface area contributed by atoms with Crippen LogP contribution in [0, 0.1) is 50.2 Å². The minimum atomic E-state index is -1.92. The molecule has 4 saturated carbocycles. The lowest BCUT2D eigenvalue weighted by atomic mass is 9.33. The Morgan fingerprint density at radius 2 is 1.49 bits per heavy atom. The standard InChI is InChI=1S/C53H86N2O17/c1-26-42(70-44-40(64)37(61)29(57)25-67-44)39(63)41(65)45(68-26)71-43-38(62)36(55-35(60)12-10-9-11-21-54)30(24-56)69-46(43)72-47(66)53-20-19-48(2,3)22-28(53)27-13-14-32-50(6)17-16-33(58)49(4,5)31(50)15-18-51(32,7)52(27,8)23-34(53)59/h13,26,28-32,34,36-46,56-57,59,61-65H,9-12,14-25,54H2,1-8H3,(H,55,60)/t26?,28?,29-,30?,31+,32?,34?,36+,37?,38?,39?,40?,41?,42+,43?,44+,45+,46+,50?,51+,52-,53-/m1/s1. The molecule has 410 valence electrons. The summed E-state index contributed by atoms with van der Waals surface area (Å²) in [4.78, 5) is 42.3. The van der Waals surface area contributed by atoms with Crippen molar-refractivity contribution in [2.45, 2.75) is 231 Å². The average Bonchev–Trinajstić information content (AvgIpc) is 3.31. The molecule has 8 rings (SSSR count). The lowest BCUT2D eigenvalue weighted by molar-refractivity contribution is -0.370. The molecule has 5 aliphatic carbocycles. The van der Waals surface area contributed by atoms with Crippen LogP contribution in [0.4, 0.5) is 0 Å². The molecule has 12 unspecified atom stereocenters. The van der Waals surface area contributed by atoms with E-state index in [9.17, 15) is 50.4 Å². The number of carbonyl (C=O) groups excluding carboxylic acids is 3. The monoisotopic (exact) mass is 1020 g/mol. The maximum absolute atomic E-state index is 15.6. The summed E-state index contributed by atoms with van der Waals surface area (Å²) >= 11 is 0. The van der Waals surface area contributed by atoms with Gasteiger partial charge in [0.1, 0.15) is 60.0 Å². The molecule has 3 aliphatic heterocycles. The molecule has 1 amide bonds. The van der Waals surface area contributed by atoms with Gasteiger partial charge in [-0.15, -0.1) is 0 Å². The van der Waals surface area contributed by atoms with Gasteiger partial charge in [-0.2, -0.15) is 0 Å². The van der Waals surface area contributed by atoms with Crippen molar-refractivity contribution in [3.8, 4) is 0 Å². The van der Waals surface area contributed by atoms with E-state index >= 15 is 4.79 Å². The fraction of sp³-hybridized carbons (Fsp3) is 0.906. The van der Waals surface area contributed by atoms with Crippen molar-refractivity contribution in [3.05, 3.63) is 11.6 Å². The molecule has 3 saturated heterocycles. The minimum Gasteiger partial charge on any atom is -0.432 e. The Hall–Kier alpha value is -2.21. The first kappa shape index (κ1) is 56.0. The smallest absolute Gasteiger partial charge is 0.317 e. The minimum absolute atomic E-state index is 0.0699. The maximum atomic E-state index is 15.6. The number of Topliss-reactive ketones (excluding diaryl/α,β-unsaturated/α-hetero) is 1. The van der Waals surface area contributed by atoms with E-state index in [-0.39, 0.29) is 54.0 Å². The first-order valence-corrected chi connectivity index (χ1v) is 26.8. The zero-order valence-electron chi connectivity index (χ0n) is 43.6. The highest BCUT2D eigenvalue weighted by atomic mass is 16.8. The van der Waals surface area contributed by atoms with Crippen molar-refractivity contribution >= 4 is 17.7 Å². The van der Waals surface area contributed by atoms with E-state index in [1.54, 1.807) is 0 Å². The van der Waals surface area contributed by atoms with Crippen LogP contribution in [0.15, 0.2) is 11.6 Å².